The van der Waals surface area contributed by atoms with Crippen molar-refractivity contribution in [3.05, 3.63) is 17.8 Å². The van der Waals surface area contributed by atoms with Crippen LogP contribution in [0.15, 0.2) is 12.3 Å². The monoisotopic (exact) mass is 182 g/mol. The minimum atomic E-state index is -0.517. The first kappa shape index (κ1) is 9.31. The lowest BCUT2D eigenvalue weighted by Crippen LogP contribution is -2.06. The van der Waals surface area contributed by atoms with Gasteiger partial charge in [-0.15, -0.1) is 0 Å². The lowest BCUT2D eigenvalue weighted by Gasteiger charge is -2.05. The first-order valence-corrected chi connectivity index (χ1v) is 3.57. The molecule has 0 saturated heterocycles. The van der Waals surface area contributed by atoms with Gasteiger partial charge in [-0.25, -0.2) is 9.78 Å². The van der Waals surface area contributed by atoms with Gasteiger partial charge in [0.15, 0.2) is 0 Å². The highest BCUT2D eigenvalue weighted by Crippen LogP contribution is 2.17. The molecule has 5 heteroatoms. The number of pyridine rings is 1. The second kappa shape index (κ2) is 3.75. The number of rotatable bonds is 2. The third-order valence-corrected chi connectivity index (χ3v) is 1.47. The van der Waals surface area contributed by atoms with Crippen LogP contribution in [0, 0.1) is 0 Å². The number of hydrogen-bond acceptors (Lipinski definition) is 5. The second-order valence-corrected chi connectivity index (χ2v) is 2.32. The summed E-state index contributed by atoms with van der Waals surface area (Å²) in [5, 5.41) is 0. The maximum atomic E-state index is 11.1. The molecule has 70 valence electrons. The predicted molar refractivity (Wildman–Crippen MR) is 46.5 cm³/mol. The molecule has 0 bridgehead atoms. The average Bonchev–Trinajstić information content (AvgIpc) is 2.16. The highest BCUT2D eigenvalue weighted by Gasteiger charge is 2.13. The summed E-state index contributed by atoms with van der Waals surface area (Å²) in [5.74, 6) is -0.308. The van der Waals surface area contributed by atoms with Crippen molar-refractivity contribution < 1.29 is 14.3 Å². The first-order valence-electron chi connectivity index (χ1n) is 3.57. The van der Waals surface area contributed by atoms with E-state index in [-0.39, 0.29) is 11.4 Å². The Hall–Kier alpha value is -1.78. The zero-order valence-electron chi connectivity index (χ0n) is 7.40. The van der Waals surface area contributed by atoms with E-state index in [9.17, 15) is 4.79 Å². The Morgan fingerprint density at radius 3 is 2.77 bits per heavy atom. The summed E-state index contributed by atoms with van der Waals surface area (Å²) >= 11 is 0. The van der Waals surface area contributed by atoms with Crippen molar-refractivity contribution in [2.45, 2.75) is 0 Å². The highest BCUT2D eigenvalue weighted by atomic mass is 16.5. The molecular weight excluding hydrogens is 172 g/mol. The smallest absolute Gasteiger partial charge is 0.343 e. The van der Waals surface area contributed by atoms with Crippen molar-refractivity contribution in [1.29, 1.82) is 0 Å². The SMILES string of the molecule is COC(=O)c1cc(N)cnc1OC. The molecule has 0 unspecified atom stereocenters. The number of carbonyl (C=O) groups is 1. The van der Waals surface area contributed by atoms with Gasteiger partial charge in [0.25, 0.3) is 0 Å². The molecule has 13 heavy (non-hydrogen) atoms. The summed E-state index contributed by atoms with van der Waals surface area (Å²) in [7, 11) is 2.70. The summed E-state index contributed by atoms with van der Waals surface area (Å²) < 4.78 is 9.38. The molecule has 2 N–H and O–H groups in total. The van der Waals surface area contributed by atoms with Crippen molar-refractivity contribution in [3.8, 4) is 5.88 Å². The average molecular weight is 182 g/mol. The van der Waals surface area contributed by atoms with Crippen molar-refractivity contribution in [2.75, 3.05) is 20.0 Å². The van der Waals surface area contributed by atoms with E-state index in [0.717, 1.165) is 0 Å². The van der Waals surface area contributed by atoms with Gasteiger partial charge in [-0.2, -0.15) is 0 Å². The van der Waals surface area contributed by atoms with Crippen LogP contribution in [0.3, 0.4) is 0 Å². The Morgan fingerprint density at radius 1 is 1.54 bits per heavy atom. The summed E-state index contributed by atoms with van der Waals surface area (Å²) in [6, 6.07) is 1.46. The fourth-order valence-corrected chi connectivity index (χ4v) is 0.887. The van der Waals surface area contributed by atoms with E-state index in [1.807, 2.05) is 0 Å². The molecule has 0 aliphatic carbocycles. The maximum Gasteiger partial charge on any atom is 0.343 e. The van der Waals surface area contributed by atoms with Crippen LogP contribution < -0.4 is 10.5 Å². The Kier molecular flexibility index (Phi) is 2.69. The number of esters is 1. The number of carbonyl (C=O) groups excluding carboxylic acids is 1. The van der Waals surface area contributed by atoms with Crippen molar-refractivity contribution >= 4 is 11.7 Å². The van der Waals surface area contributed by atoms with Gasteiger partial charge in [-0.1, -0.05) is 0 Å². The summed E-state index contributed by atoms with van der Waals surface area (Å²) in [6.45, 7) is 0. The summed E-state index contributed by atoms with van der Waals surface area (Å²) in [5.41, 5.74) is 6.07. The van der Waals surface area contributed by atoms with E-state index in [1.165, 1.54) is 26.5 Å². The van der Waals surface area contributed by atoms with E-state index in [2.05, 4.69) is 9.72 Å². The van der Waals surface area contributed by atoms with E-state index in [4.69, 9.17) is 10.5 Å². The molecular formula is C8H10N2O3. The Labute approximate surface area is 75.5 Å². The van der Waals surface area contributed by atoms with Gasteiger partial charge < -0.3 is 15.2 Å². The van der Waals surface area contributed by atoms with Crippen molar-refractivity contribution in [3.63, 3.8) is 0 Å². The van der Waals surface area contributed by atoms with Crippen LogP contribution in [0.25, 0.3) is 0 Å². The van der Waals surface area contributed by atoms with Gasteiger partial charge in [-0.3, -0.25) is 0 Å². The van der Waals surface area contributed by atoms with Crippen LogP contribution in [-0.4, -0.2) is 25.2 Å². The van der Waals surface area contributed by atoms with E-state index in [0.29, 0.717) is 5.69 Å². The van der Waals surface area contributed by atoms with Crippen molar-refractivity contribution in [2.24, 2.45) is 0 Å². The standard InChI is InChI=1S/C8H10N2O3/c1-12-7-6(8(11)13-2)3-5(9)4-10-7/h3-4H,9H2,1-2H3. The normalized spacial score (nSPS) is 9.38. The van der Waals surface area contributed by atoms with Gasteiger partial charge in [-0.05, 0) is 6.07 Å². The number of methoxy groups -OCH3 is 2. The van der Waals surface area contributed by atoms with Crippen LogP contribution in [0.2, 0.25) is 0 Å². The number of aromatic nitrogens is 1. The molecule has 0 aliphatic heterocycles. The molecule has 0 spiro atoms. The third kappa shape index (κ3) is 1.87. The second-order valence-electron chi connectivity index (χ2n) is 2.32. The minimum absolute atomic E-state index is 0.209. The molecule has 1 aromatic heterocycles. The summed E-state index contributed by atoms with van der Waals surface area (Å²) in [4.78, 5) is 15.0. The van der Waals surface area contributed by atoms with E-state index >= 15 is 0 Å². The fraction of sp³-hybridized carbons (Fsp3) is 0.250. The number of nitrogens with two attached hydrogens (primary N) is 1. The van der Waals surface area contributed by atoms with Crippen molar-refractivity contribution in [1.82, 2.24) is 4.98 Å². The van der Waals surface area contributed by atoms with Crippen LogP contribution in [0.1, 0.15) is 10.4 Å². The molecule has 5 nitrogen and oxygen atoms in total. The molecule has 0 fully saturated rings. The zero-order chi connectivity index (χ0) is 9.84. The van der Waals surface area contributed by atoms with E-state index < -0.39 is 5.97 Å². The fourth-order valence-electron chi connectivity index (χ4n) is 0.887. The van der Waals surface area contributed by atoms with Gasteiger partial charge >= 0.3 is 5.97 Å². The number of ether oxygens (including phenoxy) is 2. The van der Waals surface area contributed by atoms with Crippen LogP contribution in [-0.2, 0) is 4.74 Å². The highest BCUT2D eigenvalue weighted by molar-refractivity contribution is 5.92. The molecule has 0 aromatic carbocycles. The first-order chi connectivity index (χ1) is 6.19. The number of anilines is 1. The number of nitrogens with zero attached hydrogens (tertiary/aromatic N) is 1. The lowest BCUT2D eigenvalue weighted by molar-refractivity contribution is 0.0596. The minimum Gasteiger partial charge on any atom is -0.480 e. The van der Waals surface area contributed by atoms with Gasteiger partial charge in [0.1, 0.15) is 5.56 Å². The third-order valence-electron chi connectivity index (χ3n) is 1.47. The van der Waals surface area contributed by atoms with Gasteiger partial charge in [0.05, 0.1) is 26.1 Å². The van der Waals surface area contributed by atoms with Crippen LogP contribution in [0.4, 0.5) is 5.69 Å². The largest absolute Gasteiger partial charge is 0.480 e. The summed E-state index contributed by atoms with van der Waals surface area (Å²) in [6.07, 6.45) is 1.41. The molecule has 1 aromatic rings. The number of nitrogen functional groups attached to an aromatic ring is 1. The van der Waals surface area contributed by atoms with Gasteiger partial charge in [0.2, 0.25) is 5.88 Å². The molecule has 1 heterocycles. The molecule has 1 rings (SSSR count). The van der Waals surface area contributed by atoms with Gasteiger partial charge in [0, 0.05) is 0 Å². The zero-order valence-corrected chi connectivity index (χ0v) is 7.40. The molecule has 0 radical (unpaired) electrons. The van der Waals surface area contributed by atoms with Crippen LogP contribution in [0.5, 0.6) is 5.88 Å². The molecule has 0 atom stereocenters. The predicted octanol–water partition coefficient (Wildman–Crippen LogP) is 0.459. The molecule has 0 saturated carbocycles. The topological polar surface area (TPSA) is 74.4 Å². The maximum absolute atomic E-state index is 11.1. The molecule has 0 amide bonds. The quantitative estimate of drug-likeness (QED) is 0.672. The Morgan fingerprint density at radius 2 is 2.23 bits per heavy atom. The number of hydrogen-bond donors (Lipinski definition) is 1. The Bertz CT molecular complexity index is 325. The van der Waals surface area contributed by atoms with Crippen LogP contribution >= 0.6 is 0 Å². The van der Waals surface area contributed by atoms with E-state index in [1.54, 1.807) is 0 Å². The lowest BCUT2D eigenvalue weighted by atomic mass is 10.2. The Balaban J connectivity index is 3.15. The molecule has 0 aliphatic rings.